The second-order valence-corrected chi connectivity index (χ2v) is 4.80. The molecule has 0 radical (unpaired) electrons. The summed E-state index contributed by atoms with van der Waals surface area (Å²) in [7, 11) is 1.79. The number of carbonyl (C=O) groups excluding carboxylic acids is 1. The third-order valence-electron chi connectivity index (χ3n) is 3.28. The smallest absolute Gasteiger partial charge is 0.181 e. The number of nitrogens with one attached hydrogen (secondary N) is 1. The van der Waals surface area contributed by atoms with Crippen LogP contribution in [0.25, 0.3) is 10.9 Å². The number of fused-ring (bicyclic) bond motifs is 1. The number of benzene rings is 1. The Kier molecular flexibility index (Phi) is 3.73. The van der Waals surface area contributed by atoms with E-state index in [1.54, 1.807) is 7.05 Å². The van der Waals surface area contributed by atoms with Crippen LogP contribution in [0.3, 0.4) is 0 Å². The Balaban J connectivity index is 2.62. The van der Waals surface area contributed by atoms with E-state index < -0.39 is 0 Å². The molecule has 0 aliphatic carbocycles. The zero-order valence-electron chi connectivity index (χ0n) is 10.8. The molecule has 0 saturated heterocycles. The van der Waals surface area contributed by atoms with E-state index in [0.29, 0.717) is 5.02 Å². The van der Waals surface area contributed by atoms with Gasteiger partial charge in [0.2, 0.25) is 0 Å². The van der Waals surface area contributed by atoms with Crippen LogP contribution in [0, 0.1) is 0 Å². The first-order chi connectivity index (χ1) is 8.58. The van der Waals surface area contributed by atoms with Gasteiger partial charge in [-0.25, -0.2) is 0 Å². The predicted molar refractivity (Wildman–Crippen MR) is 75.5 cm³/mol. The van der Waals surface area contributed by atoms with Crippen molar-refractivity contribution in [3.05, 3.63) is 35.0 Å². The quantitative estimate of drug-likeness (QED) is 0.861. The van der Waals surface area contributed by atoms with Crippen molar-refractivity contribution in [3.63, 3.8) is 0 Å². The van der Waals surface area contributed by atoms with Crippen LogP contribution in [0.15, 0.2) is 24.4 Å². The van der Waals surface area contributed by atoms with E-state index in [1.165, 1.54) is 0 Å². The number of likely N-dealkylation sites (N-methyl/N-ethyl adjacent to an activating group) is 1. The van der Waals surface area contributed by atoms with E-state index >= 15 is 0 Å². The summed E-state index contributed by atoms with van der Waals surface area (Å²) in [4.78, 5) is 12.3. The third kappa shape index (κ3) is 2.16. The van der Waals surface area contributed by atoms with Crippen molar-refractivity contribution < 1.29 is 4.79 Å². The number of aryl methyl sites for hydroxylation is 1. The maximum Gasteiger partial charge on any atom is 0.181 e. The SMILES string of the molecule is CCn1cc(C(=O)C(C)NC)c2ccc(Cl)cc21. The monoisotopic (exact) mass is 264 g/mol. The lowest BCUT2D eigenvalue weighted by atomic mass is 10.0. The number of Topliss-reactive ketones (excluding diaryl/α,β-unsaturated/α-hetero) is 1. The van der Waals surface area contributed by atoms with Gasteiger partial charge in [0, 0.05) is 28.7 Å². The van der Waals surface area contributed by atoms with Crippen LogP contribution in [-0.2, 0) is 6.54 Å². The van der Waals surface area contributed by atoms with Gasteiger partial charge >= 0.3 is 0 Å². The molecule has 2 aromatic rings. The van der Waals surface area contributed by atoms with Crippen molar-refractivity contribution in [1.82, 2.24) is 9.88 Å². The Morgan fingerprint density at radius 3 is 2.83 bits per heavy atom. The Morgan fingerprint density at radius 2 is 2.22 bits per heavy atom. The van der Waals surface area contributed by atoms with E-state index in [-0.39, 0.29) is 11.8 Å². The zero-order chi connectivity index (χ0) is 13.3. The van der Waals surface area contributed by atoms with E-state index in [0.717, 1.165) is 23.0 Å². The number of hydrogen-bond donors (Lipinski definition) is 1. The molecule has 0 fully saturated rings. The summed E-state index contributed by atoms with van der Waals surface area (Å²) >= 11 is 6.02. The highest BCUT2D eigenvalue weighted by Crippen LogP contribution is 2.25. The Bertz CT molecular complexity index is 589. The van der Waals surface area contributed by atoms with Gasteiger partial charge in [0.15, 0.2) is 5.78 Å². The molecule has 0 amide bonds. The van der Waals surface area contributed by atoms with Gasteiger partial charge in [-0.1, -0.05) is 17.7 Å². The van der Waals surface area contributed by atoms with Crippen LogP contribution >= 0.6 is 11.6 Å². The number of ketones is 1. The van der Waals surface area contributed by atoms with Crippen LogP contribution in [0.4, 0.5) is 0 Å². The molecule has 3 nitrogen and oxygen atoms in total. The number of halogens is 1. The number of rotatable bonds is 4. The summed E-state index contributed by atoms with van der Waals surface area (Å²) in [5, 5.41) is 4.64. The number of nitrogens with zero attached hydrogens (tertiary/aromatic N) is 1. The molecule has 0 saturated carbocycles. The van der Waals surface area contributed by atoms with Crippen molar-refractivity contribution in [2.45, 2.75) is 26.4 Å². The van der Waals surface area contributed by atoms with Gasteiger partial charge in [-0.15, -0.1) is 0 Å². The van der Waals surface area contributed by atoms with Gasteiger partial charge in [-0.2, -0.15) is 0 Å². The first-order valence-corrected chi connectivity index (χ1v) is 6.46. The predicted octanol–water partition coefficient (Wildman–Crippen LogP) is 3.11. The van der Waals surface area contributed by atoms with Crippen molar-refractivity contribution in [3.8, 4) is 0 Å². The minimum Gasteiger partial charge on any atom is -0.347 e. The molecule has 0 aliphatic rings. The Labute approximate surface area is 112 Å². The molecule has 4 heteroatoms. The van der Waals surface area contributed by atoms with Crippen LogP contribution in [0.2, 0.25) is 5.02 Å². The highest BCUT2D eigenvalue weighted by atomic mass is 35.5. The van der Waals surface area contributed by atoms with E-state index in [9.17, 15) is 4.79 Å². The fourth-order valence-corrected chi connectivity index (χ4v) is 2.25. The van der Waals surface area contributed by atoms with Gasteiger partial charge in [0.1, 0.15) is 0 Å². The number of aromatic nitrogens is 1. The van der Waals surface area contributed by atoms with Gasteiger partial charge in [0.25, 0.3) is 0 Å². The highest BCUT2D eigenvalue weighted by Gasteiger charge is 2.18. The molecule has 0 aliphatic heterocycles. The first-order valence-electron chi connectivity index (χ1n) is 6.08. The van der Waals surface area contributed by atoms with Gasteiger partial charge in [-0.05, 0) is 33.0 Å². The summed E-state index contributed by atoms with van der Waals surface area (Å²) in [6.45, 7) is 4.74. The molecule has 1 unspecified atom stereocenters. The van der Waals surface area contributed by atoms with Crippen LogP contribution < -0.4 is 5.32 Å². The van der Waals surface area contributed by atoms with Crippen LogP contribution in [-0.4, -0.2) is 23.4 Å². The summed E-state index contributed by atoms with van der Waals surface area (Å²) in [6.07, 6.45) is 1.91. The average molecular weight is 265 g/mol. The number of carbonyl (C=O) groups is 1. The second kappa shape index (κ2) is 5.12. The lowest BCUT2D eigenvalue weighted by molar-refractivity contribution is 0.0956. The molecule has 96 valence electrons. The molecular formula is C14H17ClN2O. The fraction of sp³-hybridized carbons (Fsp3) is 0.357. The lowest BCUT2D eigenvalue weighted by Crippen LogP contribution is -2.30. The number of hydrogen-bond acceptors (Lipinski definition) is 2. The van der Waals surface area contributed by atoms with E-state index in [2.05, 4.69) is 16.8 Å². The molecule has 1 atom stereocenters. The first kappa shape index (κ1) is 13.1. The van der Waals surface area contributed by atoms with Crippen molar-refractivity contribution in [2.75, 3.05) is 7.05 Å². The van der Waals surface area contributed by atoms with E-state index in [4.69, 9.17) is 11.6 Å². The minimum atomic E-state index is -0.184. The standard InChI is InChI=1S/C14H17ClN2O/c1-4-17-8-12(14(18)9(2)16-3)11-6-5-10(15)7-13(11)17/h5-9,16H,4H2,1-3H3. The second-order valence-electron chi connectivity index (χ2n) is 4.36. The maximum absolute atomic E-state index is 12.3. The molecule has 1 N–H and O–H groups in total. The summed E-state index contributed by atoms with van der Waals surface area (Å²) in [5.41, 5.74) is 1.77. The van der Waals surface area contributed by atoms with Gasteiger partial charge in [0.05, 0.1) is 11.6 Å². The maximum atomic E-state index is 12.3. The molecule has 0 spiro atoms. The van der Waals surface area contributed by atoms with Crippen molar-refractivity contribution in [1.29, 1.82) is 0 Å². The van der Waals surface area contributed by atoms with E-state index in [1.807, 2.05) is 31.3 Å². The molecule has 0 bridgehead atoms. The van der Waals surface area contributed by atoms with Crippen LogP contribution in [0.1, 0.15) is 24.2 Å². The topological polar surface area (TPSA) is 34.0 Å². The Hall–Kier alpha value is -1.32. The Morgan fingerprint density at radius 1 is 1.50 bits per heavy atom. The highest BCUT2D eigenvalue weighted by molar-refractivity contribution is 6.31. The lowest BCUT2D eigenvalue weighted by Gasteiger charge is -2.07. The fourth-order valence-electron chi connectivity index (χ4n) is 2.09. The van der Waals surface area contributed by atoms with Gasteiger partial charge in [-0.3, -0.25) is 4.79 Å². The molecule has 1 heterocycles. The largest absolute Gasteiger partial charge is 0.347 e. The van der Waals surface area contributed by atoms with Crippen molar-refractivity contribution >= 4 is 28.3 Å². The molecule has 18 heavy (non-hydrogen) atoms. The summed E-state index contributed by atoms with van der Waals surface area (Å²) in [5.74, 6) is 0.108. The van der Waals surface area contributed by atoms with Crippen LogP contribution in [0.5, 0.6) is 0 Å². The summed E-state index contributed by atoms with van der Waals surface area (Å²) < 4.78 is 2.05. The molecule has 1 aromatic carbocycles. The molecule has 2 rings (SSSR count). The minimum absolute atomic E-state index is 0.108. The average Bonchev–Trinajstić information content (AvgIpc) is 2.74. The van der Waals surface area contributed by atoms with Gasteiger partial charge < -0.3 is 9.88 Å². The molecule has 1 aromatic heterocycles. The summed E-state index contributed by atoms with van der Waals surface area (Å²) in [6, 6.07) is 5.46. The zero-order valence-corrected chi connectivity index (χ0v) is 11.6. The molecular weight excluding hydrogens is 248 g/mol. The third-order valence-corrected chi connectivity index (χ3v) is 3.51. The van der Waals surface area contributed by atoms with Crippen molar-refractivity contribution in [2.24, 2.45) is 0 Å². The normalized spacial score (nSPS) is 12.9.